The molecule has 0 atom stereocenters. The van der Waals surface area contributed by atoms with E-state index >= 15 is 0 Å². The minimum absolute atomic E-state index is 0.190. The number of para-hydroxylation sites is 2. The zero-order valence-electron chi connectivity index (χ0n) is 17.0. The molecule has 2 rings (SSSR count). The summed E-state index contributed by atoms with van der Waals surface area (Å²) in [5, 5.41) is 5.95. The molecule has 0 aliphatic rings. The number of carbonyl (C=O) groups is 1. The number of nitrogens with one attached hydrogen (secondary N) is 2. The summed E-state index contributed by atoms with van der Waals surface area (Å²) < 4.78 is 12.4. The molecule has 0 saturated carbocycles. The summed E-state index contributed by atoms with van der Waals surface area (Å²) in [6.45, 7) is 7.40. The predicted molar refractivity (Wildman–Crippen MR) is 125 cm³/mol. The molecule has 0 spiro atoms. The molecule has 2 N–H and O–H groups in total. The summed E-state index contributed by atoms with van der Waals surface area (Å²) in [5.74, 6) is 1.28. The van der Waals surface area contributed by atoms with Gasteiger partial charge in [-0.25, -0.2) is 0 Å². The standard InChI is InChI=1S/C22H27BrN2O3S/c1-4-5-12-27-19-11-10-16(23)13-17(19)21(26)25-22(29)24-18-8-6-7-9-20(18)28-14-15(2)3/h6-11,13,15H,4-5,12,14H2,1-3H3,(H2,24,25,26,29). The zero-order valence-corrected chi connectivity index (χ0v) is 19.4. The molecule has 0 heterocycles. The van der Waals surface area contributed by atoms with Crippen molar-refractivity contribution in [3.8, 4) is 11.5 Å². The van der Waals surface area contributed by atoms with Crippen LogP contribution in [0.1, 0.15) is 44.0 Å². The summed E-state index contributed by atoms with van der Waals surface area (Å²) in [4.78, 5) is 12.8. The highest BCUT2D eigenvalue weighted by Crippen LogP contribution is 2.25. The van der Waals surface area contributed by atoms with Gasteiger partial charge in [0.05, 0.1) is 24.5 Å². The van der Waals surface area contributed by atoms with Crippen molar-refractivity contribution in [2.45, 2.75) is 33.6 Å². The van der Waals surface area contributed by atoms with Crippen LogP contribution < -0.4 is 20.1 Å². The van der Waals surface area contributed by atoms with Gasteiger partial charge < -0.3 is 14.8 Å². The molecule has 2 aromatic carbocycles. The summed E-state index contributed by atoms with van der Waals surface area (Å²) in [6.07, 6.45) is 1.94. The third-order valence-electron chi connectivity index (χ3n) is 3.88. The maximum Gasteiger partial charge on any atom is 0.261 e. The smallest absolute Gasteiger partial charge is 0.261 e. The molecular weight excluding hydrogens is 452 g/mol. The number of amides is 1. The highest BCUT2D eigenvalue weighted by molar-refractivity contribution is 9.10. The number of rotatable bonds is 9. The zero-order chi connectivity index (χ0) is 21.2. The monoisotopic (exact) mass is 478 g/mol. The van der Waals surface area contributed by atoms with E-state index in [1.165, 1.54) is 0 Å². The third-order valence-corrected chi connectivity index (χ3v) is 4.57. The lowest BCUT2D eigenvalue weighted by Crippen LogP contribution is -2.34. The van der Waals surface area contributed by atoms with Gasteiger partial charge in [0.1, 0.15) is 11.5 Å². The van der Waals surface area contributed by atoms with E-state index in [-0.39, 0.29) is 11.0 Å². The number of ether oxygens (including phenoxy) is 2. The van der Waals surface area contributed by atoms with Gasteiger partial charge in [-0.1, -0.05) is 55.3 Å². The molecule has 0 aromatic heterocycles. The van der Waals surface area contributed by atoms with Crippen molar-refractivity contribution < 1.29 is 14.3 Å². The van der Waals surface area contributed by atoms with Crippen molar-refractivity contribution in [3.63, 3.8) is 0 Å². The van der Waals surface area contributed by atoms with Crippen molar-refractivity contribution in [2.75, 3.05) is 18.5 Å². The quantitative estimate of drug-likeness (QED) is 0.352. The fourth-order valence-corrected chi connectivity index (χ4v) is 2.97. The maximum absolute atomic E-state index is 12.8. The second-order valence-corrected chi connectivity index (χ2v) is 8.28. The average Bonchev–Trinajstić information content (AvgIpc) is 2.68. The minimum Gasteiger partial charge on any atom is -0.493 e. The predicted octanol–water partition coefficient (Wildman–Crippen LogP) is 5.79. The van der Waals surface area contributed by atoms with Crippen LogP contribution in [0.3, 0.4) is 0 Å². The Morgan fingerprint density at radius 1 is 1.14 bits per heavy atom. The molecule has 0 saturated heterocycles. The van der Waals surface area contributed by atoms with Crippen LogP contribution in [0.4, 0.5) is 5.69 Å². The van der Waals surface area contributed by atoms with E-state index in [0.717, 1.165) is 17.3 Å². The van der Waals surface area contributed by atoms with Gasteiger partial charge >= 0.3 is 0 Å². The van der Waals surface area contributed by atoms with Gasteiger partial charge in [-0.3, -0.25) is 10.1 Å². The first kappa shape index (κ1) is 23.2. The van der Waals surface area contributed by atoms with E-state index in [0.29, 0.717) is 41.9 Å². The highest BCUT2D eigenvalue weighted by atomic mass is 79.9. The summed E-state index contributed by atoms with van der Waals surface area (Å²) >= 11 is 8.74. The Hall–Kier alpha value is -2.12. The van der Waals surface area contributed by atoms with Crippen LogP contribution in [0, 0.1) is 5.92 Å². The molecule has 5 nitrogen and oxygen atoms in total. The van der Waals surface area contributed by atoms with Crippen molar-refractivity contribution >= 4 is 44.9 Å². The Labute approximate surface area is 186 Å². The second kappa shape index (κ2) is 11.8. The van der Waals surface area contributed by atoms with Gasteiger partial charge in [0.2, 0.25) is 0 Å². The molecule has 0 aliphatic carbocycles. The van der Waals surface area contributed by atoms with Crippen LogP contribution >= 0.6 is 28.1 Å². The van der Waals surface area contributed by atoms with E-state index in [4.69, 9.17) is 21.7 Å². The minimum atomic E-state index is -0.337. The number of carbonyl (C=O) groups excluding carboxylic acids is 1. The molecule has 0 bridgehead atoms. The van der Waals surface area contributed by atoms with Crippen molar-refractivity contribution in [1.82, 2.24) is 5.32 Å². The Bertz CT molecular complexity index is 843. The summed E-state index contributed by atoms with van der Waals surface area (Å²) in [6, 6.07) is 12.8. The molecule has 1 amide bonds. The van der Waals surface area contributed by atoms with E-state index in [2.05, 4.69) is 47.3 Å². The molecule has 29 heavy (non-hydrogen) atoms. The number of halogens is 1. The Balaban J connectivity index is 2.06. The topological polar surface area (TPSA) is 59.6 Å². The van der Waals surface area contributed by atoms with Crippen LogP contribution in [0.5, 0.6) is 11.5 Å². The van der Waals surface area contributed by atoms with Crippen LogP contribution in [-0.4, -0.2) is 24.2 Å². The summed E-state index contributed by atoms with van der Waals surface area (Å²) in [5.41, 5.74) is 1.12. The third kappa shape index (κ3) is 7.66. The van der Waals surface area contributed by atoms with E-state index < -0.39 is 0 Å². The number of hydrogen-bond donors (Lipinski definition) is 2. The van der Waals surface area contributed by atoms with Crippen molar-refractivity contribution in [2.24, 2.45) is 5.92 Å². The number of hydrogen-bond acceptors (Lipinski definition) is 4. The second-order valence-electron chi connectivity index (χ2n) is 6.95. The van der Waals surface area contributed by atoms with Gasteiger partial charge in [0.15, 0.2) is 5.11 Å². The molecule has 156 valence electrons. The van der Waals surface area contributed by atoms with Gasteiger partial charge in [-0.15, -0.1) is 0 Å². The van der Waals surface area contributed by atoms with Crippen LogP contribution in [0.15, 0.2) is 46.9 Å². The van der Waals surface area contributed by atoms with Gasteiger partial charge in [0, 0.05) is 4.47 Å². The lowest BCUT2D eigenvalue weighted by Gasteiger charge is -2.16. The lowest BCUT2D eigenvalue weighted by atomic mass is 10.2. The molecule has 2 aromatic rings. The van der Waals surface area contributed by atoms with E-state index in [1.807, 2.05) is 30.3 Å². The molecule has 0 aliphatic heterocycles. The average molecular weight is 479 g/mol. The molecular formula is C22H27BrN2O3S. The van der Waals surface area contributed by atoms with E-state index in [9.17, 15) is 4.79 Å². The Morgan fingerprint density at radius 3 is 2.62 bits per heavy atom. The van der Waals surface area contributed by atoms with Crippen molar-refractivity contribution in [3.05, 3.63) is 52.5 Å². The van der Waals surface area contributed by atoms with Crippen molar-refractivity contribution in [1.29, 1.82) is 0 Å². The maximum atomic E-state index is 12.8. The molecule has 0 fully saturated rings. The fraction of sp³-hybridized carbons (Fsp3) is 0.364. The first-order valence-electron chi connectivity index (χ1n) is 9.67. The lowest BCUT2D eigenvalue weighted by molar-refractivity contribution is 0.0973. The van der Waals surface area contributed by atoms with Crippen LogP contribution in [-0.2, 0) is 0 Å². The number of benzene rings is 2. The normalized spacial score (nSPS) is 10.5. The molecule has 0 unspecified atom stereocenters. The van der Waals surface area contributed by atoms with Gasteiger partial charge in [-0.05, 0) is 54.9 Å². The van der Waals surface area contributed by atoms with Crippen LogP contribution in [0.25, 0.3) is 0 Å². The molecule has 0 radical (unpaired) electrons. The Morgan fingerprint density at radius 2 is 1.90 bits per heavy atom. The first-order chi connectivity index (χ1) is 13.9. The fourth-order valence-electron chi connectivity index (χ4n) is 2.41. The summed E-state index contributed by atoms with van der Waals surface area (Å²) in [7, 11) is 0. The largest absolute Gasteiger partial charge is 0.493 e. The number of thiocarbonyl (C=S) groups is 1. The van der Waals surface area contributed by atoms with E-state index in [1.54, 1.807) is 12.1 Å². The van der Waals surface area contributed by atoms with Gasteiger partial charge in [0.25, 0.3) is 5.91 Å². The first-order valence-corrected chi connectivity index (χ1v) is 10.9. The highest BCUT2D eigenvalue weighted by Gasteiger charge is 2.16. The van der Waals surface area contributed by atoms with Crippen LogP contribution in [0.2, 0.25) is 0 Å². The number of anilines is 1. The Kier molecular flexibility index (Phi) is 9.41. The van der Waals surface area contributed by atoms with Gasteiger partial charge in [-0.2, -0.15) is 0 Å². The molecule has 7 heteroatoms. The number of unbranched alkanes of at least 4 members (excludes halogenated alkanes) is 1. The SMILES string of the molecule is CCCCOc1ccc(Br)cc1C(=O)NC(=S)Nc1ccccc1OCC(C)C.